The molecule has 1 rings (SSSR count). The fourth-order valence-electron chi connectivity index (χ4n) is 1.13. The molecule has 94 valence electrons. The van der Waals surface area contributed by atoms with Crippen LogP contribution in [0.15, 0.2) is 11.1 Å². The van der Waals surface area contributed by atoms with E-state index in [1.165, 1.54) is 6.33 Å². The highest BCUT2D eigenvalue weighted by Gasteiger charge is 2.09. The van der Waals surface area contributed by atoms with Gasteiger partial charge in [-0.2, -0.15) is 0 Å². The molecule has 17 heavy (non-hydrogen) atoms. The number of hydrogen-bond acceptors (Lipinski definition) is 4. The molecule has 1 heterocycles. The van der Waals surface area contributed by atoms with E-state index in [1.807, 2.05) is 13.8 Å². The molecule has 3 N–H and O–H groups in total. The van der Waals surface area contributed by atoms with Crippen LogP contribution in [0.2, 0.25) is 5.15 Å². The van der Waals surface area contributed by atoms with Crippen molar-refractivity contribution in [2.24, 2.45) is 5.92 Å². The third-order valence-electron chi connectivity index (χ3n) is 2.05. The second kappa shape index (κ2) is 5.67. The zero-order valence-corrected chi connectivity index (χ0v) is 10.5. The Morgan fingerprint density at radius 2 is 2.29 bits per heavy atom. The summed E-state index contributed by atoms with van der Waals surface area (Å²) < 4.78 is 1.12. The molecule has 0 unspecified atom stereocenters. The van der Waals surface area contributed by atoms with E-state index in [9.17, 15) is 9.59 Å². The number of halogens is 1. The summed E-state index contributed by atoms with van der Waals surface area (Å²) in [6.07, 6.45) is 1.20. The molecule has 6 nitrogen and oxygen atoms in total. The lowest BCUT2D eigenvalue weighted by Crippen LogP contribution is -2.35. The van der Waals surface area contributed by atoms with Gasteiger partial charge in [0.25, 0.3) is 5.56 Å². The molecular formula is C10H15ClN4O2. The maximum absolute atomic E-state index is 11.6. The molecular weight excluding hydrogens is 244 g/mol. The minimum Gasteiger partial charge on any atom is -0.392 e. The molecule has 0 aliphatic carbocycles. The third-order valence-corrected chi connectivity index (χ3v) is 2.35. The lowest BCUT2D eigenvalue weighted by atomic mass is 10.2. The minimum atomic E-state index is -0.510. The highest BCUT2D eigenvalue weighted by molar-refractivity contribution is 6.31. The van der Waals surface area contributed by atoms with Gasteiger partial charge in [-0.25, -0.2) is 4.98 Å². The first-order valence-electron chi connectivity index (χ1n) is 5.19. The van der Waals surface area contributed by atoms with E-state index in [1.54, 1.807) is 0 Å². The Morgan fingerprint density at radius 3 is 2.88 bits per heavy atom. The largest absolute Gasteiger partial charge is 0.392 e. The number of carbonyl (C=O) groups is 1. The summed E-state index contributed by atoms with van der Waals surface area (Å²) in [5, 5.41) is 2.64. The van der Waals surface area contributed by atoms with Crippen LogP contribution in [0, 0.1) is 5.92 Å². The number of aromatic nitrogens is 2. The van der Waals surface area contributed by atoms with E-state index in [0.29, 0.717) is 12.5 Å². The average Bonchev–Trinajstić information content (AvgIpc) is 2.27. The first kappa shape index (κ1) is 13.5. The number of anilines is 1. The summed E-state index contributed by atoms with van der Waals surface area (Å²) in [6.45, 7) is 4.41. The zero-order valence-electron chi connectivity index (χ0n) is 9.74. The molecule has 7 heteroatoms. The zero-order chi connectivity index (χ0) is 13.0. The third kappa shape index (κ3) is 3.74. The van der Waals surface area contributed by atoms with Crippen molar-refractivity contribution in [3.05, 3.63) is 21.8 Å². The van der Waals surface area contributed by atoms with Gasteiger partial charge in [0.2, 0.25) is 5.91 Å². The molecule has 0 fully saturated rings. The lowest BCUT2D eigenvalue weighted by Gasteiger charge is -2.09. The Kier molecular flexibility index (Phi) is 4.51. The Bertz CT molecular complexity index is 470. The molecule has 0 atom stereocenters. The van der Waals surface area contributed by atoms with Crippen molar-refractivity contribution in [1.82, 2.24) is 14.9 Å². The summed E-state index contributed by atoms with van der Waals surface area (Å²) in [6, 6.07) is 0. The number of amides is 1. The van der Waals surface area contributed by atoms with E-state index in [0.717, 1.165) is 4.57 Å². The van der Waals surface area contributed by atoms with Crippen LogP contribution < -0.4 is 16.6 Å². The smallest absolute Gasteiger partial charge is 0.278 e. The van der Waals surface area contributed by atoms with Crippen LogP contribution in [0.3, 0.4) is 0 Å². The van der Waals surface area contributed by atoms with E-state index < -0.39 is 5.56 Å². The first-order chi connectivity index (χ1) is 7.91. The highest BCUT2D eigenvalue weighted by atomic mass is 35.5. The van der Waals surface area contributed by atoms with Crippen molar-refractivity contribution < 1.29 is 4.79 Å². The Morgan fingerprint density at radius 1 is 1.65 bits per heavy atom. The van der Waals surface area contributed by atoms with Crippen LogP contribution in [0.1, 0.15) is 13.8 Å². The second-order valence-corrected chi connectivity index (χ2v) is 4.44. The molecule has 1 aromatic heterocycles. The fraction of sp³-hybridized carbons (Fsp3) is 0.500. The van der Waals surface area contributed by atoms with Crippen molar-refractivity contribution in [3.63, 3.8) is 0 Å². The quantitative estimate of drug-likeness (QED) is 0.758. The summed E-state index contributed by atoms with van der Waals surface area (Å²) >= 11 is 5.58. The number of hydrogen-bond donors (Lipinski definition) is 2. The van der Waals surface area contributed by atoms with Crippen molar-refractivity contribution in [2.75, 3.05) is 12.3 Å². The number of nitrogen functional groups attached to an aromatic ring is 1. The van der Waals surface area contributed by atoms with Gasteiger partial charge in [0.15, 0.2) is 5.15 Å². The number of rotatable bonds is 4. The van der Waals surface area contributed by atoms with Crippen LogP contribution in [-0.2, 0) is 11.3 Å². The van der Waals surface area contributed by atoms with Gasteiger partial charge in [-0.1, -0.05) is 25.4 Å². The number of nitrogens with zero attached hydrogens (tertiary/aromatic N) is 2. The summed E-state index contributed by atoms with van der Waals surface area (Å²) in [5.74, 6) is 0.0911. The molecule has 0 radical (unpaired) electrons. The van der Waals surface area contributed by atoms with Crippen LogP contribution in [0.25, 0.3) is 0 Å². The molecule has 0 spiro atoms. The van der Waals surface area contributed by atoms with Gasteiger partial charge in [0, 0.05) is 6.54 Å². The molecule has 1 aromatic rings. The van der Waals surface area contributed by atoms with Crippen LogP contribution in [0.4, 0.5) is 5.69 Å². The summed E-state index contributed by atoms with van der Waals surface area (Å²) in [7, 11) is 0. The maximum atomic E-state index is 11.6. The average molecular weight is 259 g/mol. The van der Waals surface area contributed by atoms with E-state index in [2.05, 4.69) is 10.3 Å². The van der Waals surface area contributed by atoms with Gasteiger partial charge in [0.1, 0.15) is 12.2 Å². The number of nitrogens with two attached hydrogens (primary N) is 1. The molecule has 0 bridgehead atoms. The summed E-state index contributed by atoms with van der Waals surface area (Å²) in [5.41, 5.74) is 4.76. The highest BCUT2D eigenvalue weighted by Crippen LogP contribution is 2.07. The van der Waals surface area contributed by atoms with Crippen LogP contribution in [-0.4, -0.2) is 22.0 Å². The predicted octanol–water partition coefficient (Wildman–Crippen LogP) is 0.251. The Labute approximate surface area is 104 Å². The molecule has 0 saturated carbocycles. The fourth-order valence-corrected chi connectivity index (χ4v) is 1.25. The summed E-state index contributed by atoms with van der Waals surface area (Å²) in [4.78, 5) is 26.8. The van der Waals surface area contributed by atoms with Gasteiger partial charge in [-0.05, 0) is 5.92 Å². The van der Waals surface area contributed by atoms with Gasteiger partial charge >= 0.3 is 0 Å². The number of carbonyl (C=O) groups excluding carboxylic acids is 1. The molecule has 0 saturated heterocycles. The SMILES string of the molecule is CC(C)CNC(=O)Cn1cnc(Cl)c(N)c1=O. The normalized spacial score (nSPS) is 10.6. The van der Waals surface area contributed by atoms with E-state index in [-0.39, 0.29) is 23.3 Å². The maximum Gasteiger partial charge on any atom is 0.278 e. The van der Waals surface area contributed by atoms with Crippen molar-refractivity contribution in [1.29, 1.82) is 0 Å². The minimum absolute atomic E-state index is 0.0474. The standard InChI is InChI=1S/C10H15ClN4O2/c1-6(2)3-13-7(16)4-15-5-14-9(11)8(12)10(15)17/h5-6H,3-4,12H2,1-2H3,(H,13,16). The molecule has 0 aliphatic heterocycles. The Hall–Kier alpha value is -1.56. The van der Waals surface area contributed by atoms with Gasteiger partial charge in [0.05, 0.1) is 6.33 Å². The molecule has 1 amide bonds. The van der Waals surface area contributed by atoms with Crippen LogP contribution >= 0.6 is 11.6 Å². The van der Waals surface area contributed by atoms with Crippen molar-refractivity contribution >= 4 is 23.2 Å². The Balaban J connectivity index is 2.73. The van der Waals surface area contributed by atoms with Gasteiger partial charge < -0.3 is 11.1 Å². The van der Waals surface area contributed by atoms with E-state index >= 15 is 0 Å². The van der Waals surface area contributed by atoms with Crippen molar-refractivity contribution in [3.8, 4) is 0 Å². The monoisotopic (exact) mass is 258 g/mol. The van der Waals surface area contributed by atoms with Crippen LogP contribution in [0.5, 0.6) is 0 Å². The molecule has 0 aliphatic rings. The van der Waals surface area contributed by atoms with E-state index in [4.69, 9.17) is 17.3 Å². The lowest BCUT2D eigenvalue weighted by molar-refractivity contribution is -0.121. The van der Waals surface area contributed by atoms with Gasteiger partial charge in [-0.3, -0.25) is 14.2 Å². The van der Waals surface area contributed by atoms with Crippen molar-refractivity contribution in [2.45, 2.75) is 20.4 Å². The first-order valence-corrected chi connectivity index (χ1v) is 5.56. The molecule has 0 aromatic carbocycles. The van der Waals surface area contributed by atoms with Gasteiger partial charge in [-0.15, -0.1) is 0 Å². The predicted molar refractivity (Wildman–Crippen MR) is 65.8 cm³/mol. The topological polar surface area (TPSA) is 90.0 Å². The number of nitrogens with one attached hydrogen (secondary N) is 1. The second-order valence-electron chi connectivity index (χ2n) is 4.08.